The number of hydrogen-bond donors (Lipinski definition) is 3. The van der Waals surface area contributed by atoms with Gasteiger partial charge in [0.05, 0.1) is 16.7 Å². The van der Waals surface area contributed by atoms with Crippen LogP contribution in [0, 0.1) is 0 Å². The maximum absolute atomic E-state index is 12.9. The zero-order valence-electron chi connectivity index (χ0n) is 18.0. The highest BCUT2D eigenvalue weighted by atomic mass is 16.4. The van der Waals surface area contributed by atoms with Gasteiger partial charge in [0.2, 0.25) is 0 Å². The fourth-order valence-corrected chi connectivity index (χ4v) is 4.84. The molecule has 5 aromatic carbocycles. The van der Waals surface area contributed by atoms with Crippen molar-refractivity contribution in [2.24, 2.45) is 0 Å². The Kier molecular flexibility index (Phi) is 4.44. The predicted molar refractivity (Wildman–Crippen MR) is 127 cm³/mol. The second kappa shape index (κ2) is 7.14. The van der Waals surface area contributed by atoms with Crippen LogP contribution < -0.4 is 0 Å². The zero-order chi connectivity index (χ0) is 24.5. The lowest BCUT2D eigenvalue weighted by atomic mass is 9.84. The fraction of sp³-hybridized carbons (Fsp3) is 0.0769. The van der Waals surface area contributed by atoms with Crippen molar-refractivity contribution in [2.75, 3.05) is 14.1 Å². The first-order valence-electron chi connectivity index (χ1n) is 10.2. The summed E-state index contributed by atoms with van der Waals surface area (Å²) >= 11 is 0. The van der Waals surface area contributed by atoms with Gasteiger partial charge in [-0.1, -0.05) is 24.3 Å². The molecule has 0 saturated carbocycles. The van der Waals surface area contributed by atoms with Gasteiger partial charge in [0, 0.05) is 30.4 Å². The summed E-state index contributed by atoms with van der Waals surface area (Å²) in [5.74, 6) is -4.05. The number of carbonyl (C=O) groups is 4. The van der Waals surface area contributed by atoms with E-state index in [-0.39, 0.29) is 38.9 Å². The number of nitrogens with zero attached hydrogens (tertiary/aromatic N) is 1. The van der Waals surface area contributed by atoms with Gasteiger partial charge in [-0.05, 0) is 56.6 Å². The lowest BCUT2D eigenvalue weighted by molar-refractivity contribution is 0.0685. The Morgan fingerprint density at radius 2 is 0.794 bits per heavy atom. The molecule has 0 spiro atoms. The van der Waals surface area contributed by atoms with Gasteiger partial charge >= 0.3 is 17.9 Å². The van der Waals surface area contributed by atoms with E-state index in [0.717, 1.165) is 0 Å². The third-order valence-electron chi connectivity index (χ3n) is 6.23. The number of amides is 1. The molecular weight excluding hydrogens is 438 g/mol. The van der Waals surface area contributed by atoms with Crippen molar-refractivity contribution >= 4 is 66.9 Å². The van der Waals surface area contributed by atoms with Gasteiger partial charge in [-0.3, -0.25) is 4.79 Å². The summed E-state index contributed by atoms with van der Waals surface area (Å²) in [7, 11) is 3.16. The molecule has 0 unspecified atom stereocenters. The van der Waals surface area contributed by atoms with Crippen LogP contribution in [-0.4, -0.2) is 58.1 Å². The predicted octanol–water partition coefficient (Wildman–Crippen LogP) is 4.53. The van der Waals surface area contributed by atoms with Crippen LogP contribution in [0.25, 0.3) is 43.1 Å². The lowest BCUT2D eigenvalue weighted by Crippen LogP contribution is -2.22. The van der Waals surface area contributed by atoms with Gasteiger partial charge in [0.25, 0.3) is 5.91 Å². The standard InChI is InChI=1S/C26H17NO7/c1-27(2)23(28)15-7-3-11-13-5-9-17(25(31)32)22-18(26(33)34)10-6-14(20(13)22)12-4-8-16(24(29)30)21(15)19(11)12/h3-10H,1-2H3,(H,29,30)(H,31,32)(H,33,34). The fourth-order valence-electron chi connectivity index (χ4n) is 4.84. The van der Waals surface area contributed by atoms with Gasteiger partial charge in [-0.15, -0.1) is 0 Å². The molecule has 0 bridgehead atoms. The maximum Gasteiger partial charge on any atom is 0.336 e. The molecule has 0 aromatic heterocycles. The molecule has 0 aliphatic carbocycles. The van der Waals surface area contributed by atoms with Crippen molar-refractivity contribution in [2.45, 2.75) is 0 Å². The number of benzene rings is 5. The largest absolute Gasteiger partial charge is 0.478 e. The second-order valence-electron chi connectivity index (χ2n) is 8.26. The van der Waals surface area contributed by atoms with E-state index in [9.17, 15) is 34.5 Å². The summed E-state index contributed by atoms with van der Waals surface area (Å²) in [6.45, 7) is 0. The van der Waals surface area contributed by atoms with Gasteiger partial charge in [-0.2, -0.15) is 0 Å². The molecule has 1 amide bonds. The third-order valence-corrected chi connectivity index (χ3v) is 6.23. The third kappa shape index (κ3) is 2.72. The van der Waals surface area contributed by atoms with E-state index in [1.807, 2.05) is 0 Å². The topological polar surface area (TPSA) is 132 Å². The van der Waals surface area contributed by atoms with Crippen LogP contribution in [0.1, 0.15) is 41.4 Å². The van der Waals surface area contributed by atoms with Crippen molar-refractivity contribution < 1.29 is 34.5 Å². The normalized spacial score (nSPS) is 11.5. The van der Waals surface area contributed by atoms with E-state index in [4.69, 9.17) is 0 Å². The van der Waals surface area contributed by atoms with Crippen LogP contribution in [0.4, 0.5) is 0 Å². The van der Waals surface area contributed by atoms with Crippen LogP contribution in [0.5, 0.6) is 0 Å². The van der Waals surface area contributed by atoms with Crippen molar-refractivity contribution in [3.8, 4) is 0 Å². The summed E-state index contributed by atoms with van der Waals surface area (Å²) in [6.07, 6.45) is 0. The van der Waals surface area contributed by atoms with E-state index in [0.29, 0.717) is 32.3 Å². The number of fused-ring (bicyclic) bond motifs is 2. The monoisotopic (exact) mass is 455 g/mol. The van der Waals surface area contributed by atoms with E-state index in [1.165, 1.54) is 23.1 Å². The summed E-state index contributed by atoms with van der Waals surface area (Å²) in [5, 5.41) is 33.1. The van der Waals surface area contributed by atoms with Crippen LogP contribution in [0.15, 0.2) is 48.5 Å². The van der Waals surface area contributed by atoms with Gasteiger partial charge in [0.15, 0.2) is 0 Å². The smallest absolute Gasteiger partial charge is 0.336 e. The average Bonchev–Trinajstić information content (AvgIpc) is 2.80. The summed E-state index contributed by atoms with van der Waals surface area (Å²) in [5.41, 5.74) is -0.0830. The van der Waals surface area contributed by atoms with Crippen molar-refractivity contribution in [3.63, 3.8) is 0 Å². The van der Waals surface area contributed by atoms with Crippen molar-refractivity contribution in [1.82, 2.24) is 4.90 Å². The molecule has 8 nitrogen and oxygen atoms in total. The summed E-state index contributed by atoms with van der Waals surface area (Å²) < 4.78 is 0. The number of carbonyl (C=O) groups excluding carboxylic acids is 1. The number of hydrogen-bond acceptors (Lipinski definition) is 4. The van der Waals surface area contributed by atoms with Crippen LogP contribution in [0.3, 0.4) is 0 Å². The van der Waals surface area contributed by atoms with E-state index < -0.39 is 17.9 Å². The number of carboxylic acid groups (broad SMARTS) is 3. The molecule has 0 aliphatic rings. The summed E-state index contributed by atoms with van der Waals surface area (Å²) in [4.78, 5) is 50.3. The van der Waals surface area contributed by atoms with E-state index in [2.05, 4.69) is 0 Å². The molecule has 0 radical (unpaired) electrons. The van der Waals surface area contributed by atoms with Crippen LogP contribution in [0.2, 0.25) is 0 Å². The number of aromatic carboxylic acids is 3. The Morgan fingerprint density at radius 3 is 1.09 bits per heavy atom. The minimum Gasteiger partial charge on any atom is -0.478 e. The molecule has 0 fully saturated rings. The Bertz CT molecular complexity index is 1660. The maximum atomic E-state index is 12.9. The highest BCUT2D eigenvalue weighted by Crippen LogP contribution is 2.44. The summed E-state index contributed by atoms with van der Waals surface area (Å²) in [6, 6.07) is 12.2. The molecule has 5 aromatic rings. The second-order valence-corrected chi connectivity index (χ2v) is 8.26. The van der Waals surface area contributed by atoms with Crippen molar-refractivity contribution in [1.29, 1.82) is 0 Å². The molecule has 0 atom stereocenters. The lowest BCUT2D eigenvalue weighted by Gasteiger charge is -2.20. The number of carboxylic acids is 3. The molecule has 8 heteroatoms. The number of rotatable bonds is 4. The molecule has 0 heterocycles. The molecule has 0 aliphatic heterocycles. The van der Waals surface area contributed by atoms with E-state index >= 15 is 0 Å². The molecule has 34 heavy (non-hydrogen) atoms. The van der Waals surface area contributed by atoms with Crippen molar-refractivity contribution in [3.05, 3.63) is 70.8 Å². The first-order valence-corrected chi connectivity index (χ1v) is 10.2. The SMILES string of the molecule is CN(C)C(=O)c1ccc2c3ccc(C(=O)O)c4c(C(=O)O)ccc(c5ccc(C(=O)O)c1c52)c43. The first kappa shape index (κ1) is 21.1. The van der Waals surface area contributed by atoms with Crippen LogP contribution in [-0.2, 0) is 0 Å². The van der Waals surface area contributed by atoms with Gasteiger partial charge in [0.1, 0.15) is 0 Å². The Labute approximate surface area is 191 Å². The zero-order valence-corrected chi connectivity index (χ0v) is 18.0. The van der Waals surface area contributed by atoms with Crippen LogP contribution >= 0.6 is 0 Å². The first-order chi connectivity index (χ1) is 16.1. The Balaban J connectivity index is 2.12. The molecule has 5 rings (SSSR count). The van der Waals surface area contributed by atoms with Gasteiger partial charge < -0.3 is 20.2 Å². The highest BCUT2D eigenvalue weighted by Gasteiger charge is 2.25. The molecule has 0 saturated heterocycles. The molecular formula is C26H17NO7. The van der Waals surface area contributed by atoms with E-state index in [1.54, 1.807) is 44.4 Å². The molecule has 168 valence electrons. The Hall–Kier alpha value is -4.72. The minimum absolute atomic E-state index is 0.0326. The minimum atomic E-state index is -1.25. The van der Waals surface area contributed by atoms with Gasteiger partial charge in [-0.25, -0.2) is 14.4 Å². The average molecular weight is 455 g/mol. The Morgan fingerprint density at radius 1 is 0.500 bits per heavy atom. The molecule has 3 N–H and O–H groups in total. The quantitative estimate of drug-likeness (QED) is 0.268. The highest BCUT2D eigenvalue weighted by molar-refractivity contribution is 6.38.